The van der Waals surface area contributed by atoms with Crippen molar-refractivity contribution >= 4 is 39.8 Å². The van der Waals surface area contributed by atoms with Gasteiger partial charge >= 0.3 is 5.97 Å². The minimum Gasteiger partial charge on any atom is -0.463 e. The summed E-state index contributed by atoms with van der Waals surface area (Å²) in [7, 11) is 0. The molecule has 0 saturated carbocycles. The maximum absolute atomic E-state index is 12.6. The highest BCUT2D eigenvalue weighted by atomic mass is 79.9. The number of ketones is 1. The molecule has 136 valence electrons. The number of benzene rings is 2. The summed E-state index contributed by atoms with van der Waals surface area (Å²) in [5.41, 5.74) is 2.51. The lowest BCUT2D eigenvalue weighted by atomic mass is 10.1. The molecule has 0 fully saturated rings. The van der Waals surface area contributed by atoms with Gasteiger partial charge in [0.05, 0.1) is 6.61 Å². The van der Waals surface area contributed by atoms with E-state index < -0.39 is 0 Å². The molecule has 0 aliphatic heterocycles. The van der Waals surface area contributed by atoms with Crippen molar-refractivity contribution in [3.05, 3.63) is 66.0 Å². The van der Waals surface area contributed by atoms with E-state index in [1.165, 1.54) is 0 Å². The fourth-order valence-electron chi connectivity index (χ4n) is 3.01. The van der Waals surface area contributed by atoms with E-state index in [1.54, 1.807) is 6.92 Å². The second kappa shape index (κ2) is 8.76. The van der Waals surface area contributed by atoms with Crippen LogP contribution in [0.2, 0.25) is 0 Å². The van der Waals surface area contributed by atoms with Gasteiger partial charge in [0.25, 0.3) is 5.82 Å². The smallest absolute Gasteiger partial charge is 0.348 e. The monoisotopic (exact) mass is 417 g/mol. The predicted octanol–water partition coefficient (Wildman–Crippen LogP) is 3.26. The summed E-state index contributed by atoms with van der Waals surface area (Å²) in [6.07, 6.45) is 0. The lowest BCUT2D eigenvalue weighted by Gasteiger charge is -2.02. The number of para-hydroxylation sites is 2. The van der Waals surface area contributed by atoms with Gasteiger partial charge in [0.15, 0.2) is 24.1 Å². The van der Waals surface area contributed by atoms with Crippen LogP contribution in [0.3, 0.4) is 0 Å². The van der Waals surface area contributed by atoms with Crippen LogP contribution in [0.1, 0.15) is 23.1 Å². The summed E-state index contributed by atoms with van der Waals surface area (Å²) in [6.45, 7) is 4.41. The number of carbonyl (C=O) groups is 2. The Labute approximate surface area is 163 Å². The molecule has 1 heterocycles. The van der Waals surface area contributed by atoms with Gasteiger partial charge in [-0.1, -0.05) is 42.5 Å². The molecule has 0 N–H and O–H groups in total. The van der Waals surface area contributed by atoms with E-state index in [0.29, 0.717) is 12.2 Å². The van der Waals surface area contributed by atoms with E-state index in [-0.39, 0.29) is 41.8 Å². The lowest BCUT2D eigenvalue weighted by Crippen LogP contribution is -2.40. The van der Waals surface area contributed by atoms with Crippen LogP contribution in [0, 0.1) is 6.92 Å². The molecule has 0 atom stereocenters. The zero-order valence-corrected chi connectivity index (χ0v) is 16.6. The van der Waals surface area contributed by atoms with E-state index in [4.69, 9.17) is 4.74 Å². The maximum atomic E-state index is 12.6. The summed E-state index contributed by atoms with van der Waals surface area (Å²) in [5.74, 6) is 0.596. The number of hydrogen-bond donors (Lipinski definition) is 0. The first-order valence-electron chi connectivity index (χ1n) is 8.33. The summed E-state index contributed by atoms with van der Waals surface area (Å²) in [5, 5.41) is 0. The molecule has 6 heteroatoms. The van der Waals surface area contributed by atoms with Gasteiger partial charge in [-0.05, 0) is 19.1 Å². The van der Waals surface area contributed by atoms with E-state index in [9.17, 15) is 9.59 Å². The van der Waals surface area contributed by atoms with Gasteiger partial charge in [0.1, 0.15) is 0 Å². The average molecular weight is 418 g/mol. The third-order valence-electron chi connectivity index (χ3n) is 4.23. The third kappa shape index (κ3) is 4.02. The number of halogens is 1. The van der Waals surface area contributed by atoms with E-state index in [0.717, 1.165) is 16.9 Å². The van der Waals surface area contributed by atoms with Crippen LogP contribution in [0.15, 0.2) is 54.6 Å². The topological polar surface area (TPSA) is 52.2 Å². The molecule has 0 aliphatic rings. The number of Topliss-reactive ketones (excluding diaryl/α,β-unsaturated/α-hetero) is 1. The molecule has 0 spiro atoms. The van der Waals surface area contributed by atoms with E-state index in [2.05, 4.69) is 0 Å². The van der Waals surface area contributed by atoms with Crippen LogP contribution in [0.25, 0.3) is 11.0 Å². The van der Waals surface area contributed by atoms with E-state index in [1.807, 2.05) is 70.7 Å². The lowest BCUT2D eigenvalue weighted by molar-refractivity contribution is -0.664. The first kappa shape index (κ1) is 19.8. The van der Waals surface area contributed by atoms with Crippen molar-refractivity contribution < 1.29 is 18.9 Å². The van der Waals surface area contributed by atoms with Crippen molar-refractivity contribution in [2.24, 2.45) is 0 Å². The highest BCUT2D eigenvalue weighted by Gasteiger charge is 2.25. The first-order chi connectivity index (χ1) is 12.1. The third-order valence-corrected chi connectivity index (χ3v) is 4.23. The first-order valence-corrected chi connectivity index (χ1v) is 8.33. The summed E-state index contributed by atoms with van der Waals surface area (Å²) in [6, 6.07) is 17.0. The number of ether oxygens (including phenoxy) is 1. The second-order valence-electron chi connectivity index (χ2n) is 5.80. The highest BCUT2D eigenvalue weighted by Crippen LogP contribution is 2.15. The number of esters is 1. The molecule has 26 heavy (non-hydrogen) atoms. The minimum absolute atomic E-state index is 0. The molecule has 0 bridgehead atoms. The van der Waals surface area contributed by atoms with Gasteiger partial charge in [0, 0.05) is 12.5 Å². The van der Waals surface area contributed by atoms with Gasteiger partial charge in [-0.3, -0.25) is 4.79 Å². The number of rotatable bonds is 6. The van der Waals surface area contributed by atoms with Gasteiger partial charge in [-0.25, -0.2) is 13.9 Å². The molecular formula is C20H22BrN2O3+. The number of nitrogens with zero attached hydrogens (tertiary/aromatic N) is 2. The van der Waals surface area contributed by atoms with Crippen LogP contribution in [0.5, 0.6) is 0 Å². The SMILES string of the molecule is Br.CCOC(=O)Cn1c(C)[n+](CC(=O)c2ccccc2)c2ccccc21. The summed E-state index contributed by atoms with van der Waals surface area (Å²) in [4.78, 5) is 24.6. The Morgan fingerprint density at radius 2 is 1.69 bits per heavy atom. The largest absolute Gasteiger partial charge is 0.463 e. The van der Waals surface area contributed by atoms with Crippen molar-refractivity contribution in [1.29, 1.82) is 0 Å². The molecule has 5 nitrogen and oxygen atoms in total. The fraction of sp³-hybridized carbons (Fsp3) is 0.250. The molecule has 0 radical (unpaired) electrons. The quantitative estimate of drug-likeness (QED) is 0.351. The van der Waals surface area contributed by atoms with Crippen molar-refractivity contribution in [1.82, 2.24) is 4.57 Å². The molecule has 1 aromatic heterocycles. The molecular weight excluding hydrogens is 396 g/mol. The Hall–Kier alpha value is -2.47. The Bertz CT molecular complexity index is 919. The minimum atomic E-state index is -0.284. The number of fused-ring (bicyclic) bond motifs is 1. The molecule has 0 saturated heterocycles. The summed E-state index contributed by atoms with van der Waals surface area (Å²) < 4.78 is 8.92. The fourth-order valence-corrected chi connectivity index (χ4v) is 3.01. The number of aromatic nitrogens is 2. The standard InChI is InChI=1S/C20H21N2O3.BrH/c1-3-25-20(24)14-22-15(2)21(17-11-7-8-12-18(17)22)13-19(23)16-9-5-4-6-10-16;/h4-12H,3,13-14H2,1-2H3;1H/q+1;. The van der Waals surface area contributed by atoms with Gasteiger partial charge in [-0.2, -0.15) is 0 Å². The zero-order chi connectivity index (χ0) is 17.8. The average Bonchev–Trinajstić information content (AvgIpc) is 2.88. The Morgan fingerprint density at radius 1 is 1.04 bits per heavy atom. The normalized spacial score (nSPS) is 10.4. The van der Waals surface area contributed by atoms with Crippen LogP contribution >= 0.6 is 17.0 Å². The second-order valence-corrected chi connectivity index (χ2v) is 5.80. The molecule has 0 aliphatic carbocycles. The molecule has 3 aromatic rings. The van der Waals surface area contributed by atoms with Gasteiger partial charge in [0.2, 0.25) is 5.78 Å². The number of imidazole rings is 1. The van der Waals surface area contributed by atoms with Gasteiger partial charge < -0.3 is 4.74 Å². The van der Waals surface area contributed by atoms with Crippen LogP contribution < -0.4 is 4.57 Å². The number of hydrogen-bond acceptors (Lipinski definition) is 3. The zero-order valence-electron chi connectivity index (χ0n) is 14.8. The molecule has 3 rings (SSSR count). The predicted molar refractivity (Wildman–Crippen MR) is 105 cm³/mol. The van der Waals surface area contributed by atoms with Crippen molar-refractivity contribution in [2.75, 3.05) is 6.61 Å². The Kier molecular flexibility index (Phi) is 6.69. The van der Waals surface area contributed by atoms with Crippen LogP contribution in [0.4, 0.5) is 0 Å². The Morgan fingerprint density at radius 3 is 2.38 bits per heavy atom. The molecule has 0 amide bonds. The molecule has 0 unspecified atom stereocenters. The summed E-state index contributed by atoms with van der Waals surface area (Å²) >= 11 is 0. The van der Waals surface area contributed by atoms with Gasteiger partial charge in [-0.15, -0.1) is 17.0 Å². The van der Waals surface area contributed by atoms with Crippen LogP contribution in [-0.2, 0) is 22.6 Å². The number of carbonyl (C=O) groups excluding carboxylic acids is 2. The maximum Gasteiger partial charge on any atom is 0.348 e. The van der Waals surface area contributed by atoms with Crippen molar-refractivity contribution in [3.8, 4) is 0 Å². The van der Waals surface area contributed by atoms with Crippen molar-refractivity contribution in [3.63, 3.8) is 0 Å². The molecule has 2 aromatic carbocycles. The van der Waals surface area contributed by atoms with Crippen molar-refractivity contribution in [2.45, 2.75) is 26.9 Å². The Balaban J connectivity index is 0.00000243. The van der Waals surface area contributed by atoms with E-state index >= 15 is 0 Å². The van der Waals surface area contributed by atoms with Crippen LogP contribution in [-0.4, -0.2) is 22.9 Å². The highest BCUT2D eigenvalue weighted by molar-refractivity contribution is 8.93.